The molecule has 192 valence electrons. The number of nitrogens with zero attached hydrogens (tertiary/aromatic N) is 1. The molecule has 7 nitrogen and oxygen atoms in total. The molecule has 3 aromatic rings. The van der Waals surface area contributed by atoms with E-state index in [4.69, 9.17) is 11.6 Å². The highest BCUT2D eigenvalue weighted by Gasteiger charge is 2.48. The fourth-order valence-electron chi connectivity index (χ4n) is 5.40. The summed E-state index contributed by atoms with van der Waals surface area (Å²) in [5.74, 6) is -0.445. The van der Waals surface area contributed by atoms with Gasteiger partial charge in [-0.2, -0.15) is 0 Å². The Bertz CT molecular complexity index is 1180. The molecule has 2 aromatic carbocycles. The van der Waals surface area contributed by atoms with Crippen LogP contribution < -0.4 is 5.32 Å². The van der Waals surface area contributed by atoms with Crippen LogP contribution in [-0.2, 0) is 17.6 Å². The summed E-state index contributed by atoms with van der Waals surface area (Å²) in [6.07, 6.45) is 4.36. The second kappa shape index (κ2) is 11.4. The standard InChI is InChI=1S/C28H34ClN3O4/c1-28(16-20-17-30-24-13-7-5-11-22(20)24,32(27(35)36)25-14-8-6-12-23(25)29)26(34)31-21(18-33)15-19-9-3-2-4-10-19/h2-5,7,9-11,13,17,21,23,25,30,33H,6,8,12,14-16,18H2,1H3,(H,31,34)(H,35,36)/t21?,23-,25-,28?/m1/s1. The van der Waals surface area contributed by atoms with E-state index in [1.807, 2.05) is 60.8 Å². The number of hydrogen-bond donors (Lipinski definition) is 4. The molecule has 4 atom stereocenters. The Kier molecular flexibility index (Phi) is 8.21. The van der Waals surface area contributed by atoms with Crippen molar-refractivity contribution in [2.24, 2.45) is 0 Å². The molecule has 4 N–H and O–H groups in total. The Balaban J connectivity index is 1.70. The first kappa shape index (κ1) is 26.0. The monoisotopic (exact) mass is 511 g/mol. The summed E-state index contributed by atoms with van der Waals surface area (Å²) in [4.78, 5) is 31.3. The van der Waals surface area contributed by atoms with Crippen molar-refractivity contribution >= 4 is 34.5 Å². The van der Waals surface area contributed by atoms with E-state index in [1.165, 1.54) is 4.90 Å². The van der Waals surface area contributed by atoms with E-state index in [9.17, 15) is 19.8 Å². The maximum absolute atomic E-state index is 14.0. The van der Waals surface area contributed by atoms with Crippen LogP contribution in [0, 0.1) is 0 Å². The first-order valence-corrected chi connectivity index (χ1v) is 12.9. The Morgan fingerprint density at radius 1 is 1.14 bits per heavy atom. The average molecular weight is 512 g/mol. The first-order chi connectivity index (χ1) is 17.3. The quantitative estimate of drug-likeness (QED) is 0.312. The molecule has 4 rings (SSSR count). The zero-order valence-electron chi connectivity index (χ0n) is 20.5. The summed E-state index contributed by atoms with van der Waals surface area (Å²) in [5, 5.41) is 24.0. The SMILES string of the molecule is CC(Cc1c[nH]c2ccccc12)(C(=O)NC(CO)Cc1ccccc1)N(C(=O)O)[C@@H]1CCCC[C@H]1Cl. The van der Waals surface area contributed by atoms with Crippen molar-refractivity contribution in [3.63, 3.8) is 0 Å². The third-order valence-electron chi connectivity index (χ3n) is 7.30. The van der Waals surface area contributed by atoms with Gasteiger partial charge in [-0.3, -0.25) is 9.69 Å². The van der Waals surface area contributed by atoms with Gasteiger partial charge in [-0.05, 0) is 43.4 Å². The number of aliphatic hydroxyl groups is 1. The molecule has 1 fully saturated rings. The van der Waals surface area contributed by atoms with E-state index in [-0.39, 0.29) is 18.4 Å². The van der Waals surface area contributed by atoms with Crippen LogP contribution in [0.4, 0.5) is 4.79 Å². The first-order valence-electron chi connectivity index (χ1n) is 12.5. The second-order valence-corrected chi connectivity index (χ2v) is 10.4. The summed E-state index contributed by atoms with van der Waals surface area (Å²) in [6, 6.07) is 16.3. The van der Waals surface area contributed by atoms with Crippen molar-refractivity contribution in [2.75, 3.05) is 6.61 Å². The van der Waals surface area contributed by atoms with E-state index < -0.39 is 29.6 Å². The number of aromatic nitrogens is 1. The number of aromatic amines is 1. The molecular weight excluding hydrogens is 478 g/mol. The minimum Gasteiger partial charge on any atom is -0.465 e. The van der Waals surface area contributed by atoms with Crippen LogP contribution in [0.3, 0.4) is 0 Å². The number of carbonyl (C=O) groups excluding carboxylic acids is 1. The zero-order valence-corrected chi connectivity index (χ0v) is 21.2. The minimum atomic E-state index is -1.45. The topological polar surface area (TPSA) is 106 Å². The van der Waals surface area contributed by atoms with Gasteiger partial charge in [-0.1, -0.05) is 61.4 Å². The molecule has 0 saturated heterocycles. The predicted molar refractivity (Wildman–Crippen MR) is 141 cm³/mol. The zero-order chi connectivity index (χ0) is 25.7. The Morgan fingerprint density at radius 3 is 2.53 bits per heavy atom. The highest BCUT2D eigenvalue weighted by Crippen LogP contribution is 2.35. The molecular formula is C28H34ClN3O4. The van der Waals surface area contributed by atoms with Crippen molar-refractivity contribution in [1.82, 2.24) is 15.2 Å². The molecule has 1 saturated carbocycles. The summed E-state index contributed by atoms with van der Waals surface area (Å²) < 4.78 is 0. The Morgan fingerprint density at radius 2 is 1.83 bits per heavy atom. The van der Waals surface area contributed by atoms with E-state index in [0.717, 1.165) is 34.9 Å². The third-order valence-corrected chi connectivity index (χ3v) is 7.81. The maximum atomic E-state index is 14.0. The number of carboxylic acid groups (broad SMARTS) is 1. The lowest BCUT2D eigenvalue weighted by atomic mass is 9.84. The Hall–Kier alpha value is -3.03. The summed E-state index contributed by atoms with van der Waals surface area (Å²) in [7, 11) is 0. The van der Waals surface area contributed by atoms with Gasteiger partial charge in [0.2, 0.25) is 5.91 Å². The molecule has 2 unspecified atom stereocenters. The fourth-order valence-corrected chi connectivity index (χ4v) is 5.79. The summed E-state index contributed by atoms with van der Waals surface area (Å²) in [6.45, 7) is 1.41. The molecule has 0 bridgehead atoms. The number of benzene rings is 2. The van der Waals surface area contributed by atoms with Gasteiger partial charge in [0, 0.05) is 23.5 Å². The summed E-state index contributed by atoms with van der Waals surface area (Å²) in [5.41, 5.74) is 1.29. The molecule has 36 heavy (non-hydrogen) atoms. The molecule has 0 aliphatic heterocycles. The Labute approximate surface area is 216 Å². The van der Waals surface area contributed by atoms with Gasteiger partial charge >= 0.3 is 6.09 Å². The van der Waals surface area contributed by atoms with Gasteiger partial charge in [-0.25, -0.2) is 4.79 Å². The van der Waals surface area contributed by atoms with Crippen LogP contribution in [0.25, 0.3) is 10.9 Å². The fraction of sp³-hybridized carbons (Fsp3) is 0.429. The van der Waals surface area contributed by atoms with Crippen LogP contribution in [0.5, 0.6) is 0 Å². The average Bonchev–Trinajstić information content (AvgIpc) is 3.27. The number of aliphatic hydroxyl groups excluding tert-OH is 1. The van der Waals surface area contributed by atoms with E-state index in [2.05, 4.69) is 10.3 Å². The van der Waals surface area contributed by atoms with E-state index >= 15 is 0 Å². The predicted octanol–water partition coefficient (Wildman–Crippen LogP) is 4.72. The van der Waals surface area contributed by atoms with Gasteiger partial charge in [0.1, 0.15) is 5.54 Å². The van der Waals surface area contributed by atoms with Gasteiger partial charge in [0.15, 0.2) is 0 Å². The van der Waals surface area contributed by atoms with Crippen molar-refractivity contribution in [1.29, 1.82) is 0 Å². The van der Waals surface area contributed by atoms with Crippen molar-refractivity contribution in [3.8, 4) is 0 Å². The summed E-state index contributed by atoms with van der Waals surface area (Å²) >= 11 is 6.67. The van der Waals surface area contributed by atoms with Crippen LogP contribution in [0.2, 0.25) is 0 Å². The lowest BCUT2D eigenvalue weighted by Gasteiger charge is -2.46. The van der Waals surface area contributed by atoms with Crippen molar-refractivity contribution < 1.29 is 19.8 Å². The number of halogens is 1. The molecule has 1 aliphatic carbocycles. The van der Waals surface area contributed by atoms with Crippen LogP contribution in [0.1, 0.15) is 43.7 Å². The molecule has 0 spiro atoms. The number of fused-ring (bicyclic) bond motifs is 1. The number of hydrogen-bond acceptors (Lipinski definition) is 3. The largest absolute Gasteiger partial charge is 0.465 e. The normalized spacial score (nSPS) is 20.4. The number of nitrogens with one attached hydrogen (secondary N) is 2. The number of alkyl halides is 1. The molecule has 2 amide bonds. The number of amides is 2. The number of H-pyrrole nitrogens is 1. The third kappa shape index (κ3) is 5.52. The smallest absolute Gasteiger partial charge is 0.408 e. The number of para-hydroxylation sites is 1. The lowest BCUT2D eigenvalue weighted by Crippen LogP contribution is -2.66. The molecule has 0 radical (unpaired) electrons. The highest BCUT2D eigenvalue weighted by molar-refractivity contribution is 6.21. The van der Waals surface area contributed by atoms with Crippen LogP contribution in [-0.4, -0.2) is 61.7 Å². The second-order valence-electron chi connectivity index (χ2n) is 9.87. The van der Waals surface area contributed by atoms with Crippen molar-refractivity contribution in [2.45, 2.75) is 68.4 Å². The number of carbonyl (C=O) groups is 2. The van der Waals surface area contributed by atoms with Gasteiger partial charge in [0.05, 0.1) is 24.1 Å². The lowest BCUT2D eigenvalue weighted by molar-refractivity contribution is -0.134. The molecule has 1 aromatic heterocycles. The molecule has 8 heteroatoms. The highest BCUT2D eigenvalue weighted by atomic mass is 35.5. The molecule has 1 heterocycles. The van der Waals surface area contributed by atoms with Crippen LogP contribution in [0.15, 0.2) is 60.8 Å². The van der Waals surface area contributed by atoms with Crippen LogP contribution >= 0.6 is 11.6 Å². The van der Waals surface area contributed by atoms with Gasteiger partial charge in [-0.15, -0.1) is 11.6 Å². The van der Waals surface area contributed by atoms with E-state index in [1.54, 1.807) is 6.92 Å². The van der Waals surface area contributed by atoms with Crippen molar-refractivity contribution in [3.05, 3.63) is 71.9 Å². The minimum absolute atomic E-state index is 0.165. The number of rotatable bonds is 9. The van der Waals surface area contributed by atoms with Gasteiger partial charge in [0.25, 0.3) is 0 Å². The van der Waals surface area contributed by atoms with Gasteiger partial charge < -0.3 is 20.5 Å². The maximum Gasteiger partial charge on any atom is 0.408 e. The van der Waals surface area contributed by atoms with E-state index in [0.29, 0.717) is 19.3 Å². The molecule has 1 aliphatic rings.